The lowest BCUT2D eigenvalue weighted by molar-refractivity contribution is -0.141. The van der Waals surface area contributed by atoms with E-state index in [2.05, 4.69) is 10.3 Å². The molecule has 1 amide bonds. The van der Waals surface area contributed by atoms with Crippen LogP contribution in [0.25, 0.3) is 0 Å². The first kappa shape index (κ1) is 23.7. The molecule has 2 aromatic carbocycles. The van der Waals surface area contributed by atoms with E-state index in [1.54, 1.807) is 6.92 Å². The van der Waals surface area contributed by atoms with Crippen LogP contribution in [0.15, 0.2) is 53.4 Å². The van der Waals surface area contributed by atoms with E-state index < -0.39 is 39.2 Å². The fourth-order valence-corrected chi connectivity index (χ4v) is 3.68. The van der Waals surface area contributed by atoms with E-state index >= 15 is 0 Å². The fourth-order valence-electron chi connectivity index (χ4n) is 2.98. The molecule has 3 aromatic rings. The monoisotopic (exact) mass is 484 g/mol. The third kappa shape index (κ3) is 5.43. The first-order valence-electron chi connectivity index (χ1n) is 9.02. The van der Waals surface area contributed by atoms with Crippen LogP contribution in [0, 0.1) is 17.5 Å². The quantitative estimate of drug-likeness (QED) is 0.337. The summed E-state index contributed by atoms with van der Waals surface area (Å²) in [4.78, 5) is 16.6. The Hall–Kier alpha value is -2.98. The van der Waals surface area contributed by atoms with Crippen LogP contribution < -0.4 is 5.32 Å². The molecule has 0 fully saturated rings. The first-order chi connectivity index (χ1) is 15.0. The lowest BCUT2D eigenvalue weighted by Gasteiger charge is -2.16. The normalized spacial score (nSPS) is 11.6. The Kier molecular flexibility index (Phi) is 6.85. The summed E-state index contributed by atoms with van der Waals surface area (Å²) in [6.07, 6.45) is -5.02. The Morgan fingerprint density at radius 1 is 1.19 bits per heavy atom. The number of aryl methyl sites for hydroxylation is 1. The van der Waals surface area contributed by atoms with Gasteiger partial charge in [-0.3, -0.25) is 4.79 Å². The second-order valence-corrected chi connectivity index (χ2v) is 8.23. The molecule has 32 heavy (non-hydrogen) atoms. The van der Waals surface area contributed by atoms with Crippen molar-refractivity contribution in [1.82, 2.24) is 4.98 Å². The molecule has 0 aliphatic carbocycles. The first-order valence-corrected chi connectivity index (χ1v) is 10.5. The molecule has 1 heterocycles. The van der Waals surface area contributed by atoms with Gasteiger partial charge in [0.15, 0.2) is 5.69 Å². The van der Waals surface area contributed by atoms with Crippen molar-refractivity contribution in [2.24, 2.45) is 0 Å². The van der Waals surface area contributed by atoms with Crippen LogP contribution >= 0.6 is 11.6 Å². The minimum absolute atomic E-state index is 0.133. The van der Waals surface area contributed by atoms with Crippen molar-refractivity contribution in [2.75, 3.05) is 5.32 Å². The Balaban J connectivity index is 2.06. The van der Waals surface area contributed by atoms with E-state index in [-0.39, 0.29) is 28.3 Å². The maximum absolute atomic E-state index is 13.4. The van der Waals surface area contributed by atoms with Gasteiger partial charge in [0.2, 0.25) is 0 Å². The van der Waals surface area contributed by atoms with Gasteiger partial charge in [0.05, 0.1) is 16.3 Å². The summed E-state index contributed by atoms with van der Waals surface area (Å²) in [6.45, 7) is 1.59. The highest BCUT2D eigenvalue weighted by molar-refractivity contribution is 7.73. The molecule has 1 aromatic heterocycles. The van der Waals surface area contributed by atoms with E-state index in [0.717, 1.165) is 12.1 Å². The van der Waals surface area contributed by atoms with Crippen molar-refractivity contribution in [3.8, 4) is 0 Å². The number of halogens is 5. The minimum atomic E-state index is -4.84. The number of nitrogens with one attached hydrogen (secondary N) is 2. The molecule has 11 heteroatoms. The summed E-state index contributed by atoms with van der Waals surface area (Å²) >= 11 is 5.78. The Morgan fingerprint density at radius 2 is 1.91 bits per heavy atom. The van der Waals surface area contributed by atoms with E-state index in [1.165, 1.54) is 36.4 Å². The third-order valence-corrected chi connectivity index (χ3v) is 5.51. The van der Waals surface area contributed by atoms with Crippen LogP contribution in [-0.4, -0.2) is 10.9 Å². The lowest BCUT2D eigenvalue weighted by Crippen LogP contribution is -2.19. The number of aromatic nitrogens is 1. The number of carbonyl (C=O) groups excluding carboxylic acids is 1. The van der Waals surface area contributed by atoms with Crippen molar-refractivity contribution < 1.29 is 26.6 Å². The topological polar surface area (TPSA) is 82.9 Å². The molecule has 0 aliphatic rings. The zero-order valence-corrected chi connectivity index (χ0v) is 18.0. The zero-order chi connectivity index (χ0) is 23.6. The summed E-state index contributed by atoms with van der Waals surface area (Å²) in [5.41, 5.74) is -0.592. The molecule has 3 rings (SSSR count). The van der Waals surface area contributed by atoms with E-state index in [4.69, 9.17) is 16.4 Å². The summed E-state index contributed by atoms with van der Waals surface area (Å²) in [6, 6.07) is 10.4. The molecular weight excluding hydrogens is 470 g/mol. The predicted molar refractivity (Wildman–Crippen MR) is 112 cm³/mol. The van der Waals surface area contributed by atoms with Gasteiger partial charge in [0, 0.05) is 12.1 Å². The molecule has 5 nitrogen and oxygen atoms in total. The Morgan fingerprint density at radius 3 is 2.53 bits per heavy atom. The number of hydrogen-bond donors (Lipinski definition) is 2. The van der Waals surface area contributed by atoms with Crippen LogP contribution in [0.2, 0.25) is 5.02 Å². The average Bonchev–Trinajstić information content (AvgIpc) is 2.70. The summed E-state index contributed by atoms with van der Waals surface area (Å²) < 4.78 is 72.1. The maximum atomic E-state index is 13.4. The van der Waals surface area contributed by atoms with Gasteiger partial charge in [-0.2, -0.15) is 23.8 Å². The van der Waals surface area contributed by atoms with Gasteiger partial charge in [-0.05, 0) is 42.3 Å². The lowest BCUT2D eigenvalue weighted by atomic mass is 10.00. The van der Waals surface area contributed by atoms with Crippen LogP contribution in [0.3, 0.4) is 0 Å². The molecule has 0 radical (unpaired) electrons. The molecule has 0 atom stereocenters. The van der Waals surface area contributed by atoms with E-state index in [0.29, 0.717) is 11.1 Å². The van der Waals surface area contributed by atoms with Gasteiger partial charge in [-0.1, -0.05) is 40.8 Å². The average molecular weight is 485 g/mol. The number of amides is 1. The standard InChI is InChI=1S/C21H15ClF4N3O2S/c1-11-7-13(23)6-5-12(11)8-18-16(10-17(22)19(29-18)21(24,25)26)20(30)28-14-3-2-4-15(9-14)32(27)31/h2-7,9-10,27H,8H2,1H3,(H,28,30)/q-1. The van der Waals surface area contributed by atoms with Gasteiger partial charge in [-0.25, -0.2) is 9.37 Å². The van der Waals surface area contributed by atoms with Crippen LogP contribution in [-0.2, 0) is 27.4 Å². The van der Waals surface area contributed by atoms with Crippen molar-refractivity contribution in [3.63, 3.8) is 0 Å². The SMILES string of the molecule is Cc1cc(F)ccc1Cc1nc(C(F)(F)F)c(Cl)cc1C(=O)Nc1cccc([S-](=N)=O)c1. The number of anilines is 1. The molecule has 2 N–H and O–H groups in total. The van der Waals surface area contributed by atoms with Crippen molar-refractivity contribution in [2.45, 2.75) is 24.4 Å². The third-order valence-electron chi connectivity index (χ3n) is 4.54. The fraction of sp³-hybridized carbons (Fsp3) is 0.143. The second kappa shape index (κ2) is 9.25. The highest BCUT2D eigenvalue weighted by Gasteiger charge is 2.36. The number of nitrogens with zero attached hydrogens (tertiary/aromatic N) is 1. The van der Waals surface area contributed by atoms with E-state index in [9.17, 15) is 26.6 Å². The zero-order valence-electron chi connectivity index (χ0n) is 16.4. The molecule has 0 bridgehead atoms. The maximum Gasteiger partial charge on any atom is 0.434 e. The summed E-state index contributed by atoms with van der Waals surface area (Å²) in [5, 5.41) is 1.75. The molecular formula is C21H15ClF4N3O2S-. The largest absolute Gasteiger partial charge is 0.440 e. The van der Waals surface area contributed by atoms with Crippen LogP contribution in [0.1, 0.15) is 32.9 Å². The Bertz CT molecular complexity index is 1270. The Labute approximate surface area is 187 Å². The molecule has 0 unspecified atom stereocenters. The number of alkyl halides is 3. The molecule has 0 spiro atoms. The second-order valence-electron chi connectivity index (χ2n) is 6.81. The molecule has 0 saturated carbocycles. The molecule has 0 saturated heterocycles. The minimum Gasteiger partial charge on any atom is -0.440 e. The molecule has 168 valence electrons. The van der Waals surface area contributed by atoms with Crippen molar-refractivity contribution >= 4 is 33.8 Å². The number of pyridine rings is 1. The van der Waals surface area contributed by atoms with Gasteiger partial charge in [0.1, 0.15) is 5.82 Å². The summed E-state index contributed by atoms with van der Waals surface area (Å²) in [5.74, 6) is -1.30. The highest BCUT2D eigenvalue weighted by atomic mass is 35.5. The van der Waals surface area contributed by atoms with Gasteiger partial charge in [0.25, 0.3) is 5.91 Å². The highest BCUT2D eigenvalue weighted by Crippen LogP contribution is 2.35. The molecule has 0 aliphatic heterocycles. The smallest absolute Gasteiger partial charge is 0.434 e. The van der Waals surface area contributed by atoms with Gasteiger partial charge in [-0.15, -0.1) is 0 Å². The predicted octanol–water partition coefficient (Wildman–Crippen LogP) is 6.13. The number of hydrogen-bond acceptors (Lipinski definition) is 5. The van der Waals surface area contributed by atoms with Crippen molar-refractivity contribution in [3.05, 3.63) is 87.4 Å². The van der Waals surface area contributed by atoms with Crippen molar-refractivity contribution in [1.29, 1.82) is 4.78 Å². The van der Waals surface area contributed by atoms with Crippen LogP contribution in [0.5, 0.6) is 0 Å². The van der Waals surface area contributed by atoms with Crippen LogP contribution in [0.4, 0.5) is 23.2 Å². The van der Waals surface area contributed by atoms with Gasteiger partial charge < -0.3 is 14.3 Å². The summed E-state index contributed by atoms with van der Waals surface area (Å²) in [7, 11) is -2.04. The number of rotatable bonds is 5. The van der Waals surface area contributed by atoms with Gasteiger partial charge >= 0.3 is 6.18 Å². The van der Waals surface area contributed by atoms with E-state index in [1.807, 2.05) is 0 Å². The number of carbonyl (C=O) groups is 1. The number of benzene rings is 2.